The Hall–Kier alpha value is -1.13. The minimum absolute atomic E-state index is 0.000401. The fourth-order valence-corrected chi connectivity index (χ4v) is 1.59. The predicted molar refractivity (Wildman–Crippen MR) is 61.1 cm³/mol. The van der Waals surface area contributed by atoms with E-state index in [0.717, 1.165) is 15.6 Å². The van der Waals surface area contributed by atoms with Crippen molar-refractivity contribution in [1.82, 2.24) is 0 Å². The van der Waals surface area contributed by atoms with Gasteiger partial charge in [0.1, 0.15) is 0 Å². The van der Waals surface area contributed by atoms with E-state index in [-0.39, 0.29) is 6.61 Å². The van der Waals surface area contributed by atoms with Crippen LogP contribution in [0.3, 0.4) is 0 Å². The summed E-state index contributed by atoms with van der Waals surface area (Å²) in [5.41, 5.74) is 1.68. The highest BCUT2D eigenvalue weighted by molar-refractivity contribution is 9.10. The number of hydrogen-bond acceptors (Lipinski definition) is 3. The summed E-state index contributed by atoms with van der Waals surface area (Å²) in [6.45, 7) is -0.000401. The minimum Gasteiger partial charge on any atom is -0.466 e. The normalized spacial score (nSPS) is 10.6. The summed E-state index contributed by atoms with van der Waals surface area (Å²) < 4.78 is 5.30. The predicted octanol–water partition coefficient (Wildman–Crippen LogP) is 2.13. The smallest absolute Gasteiger partial charge is 0.330 e. The number of methoxy groups -OCH3 is 1. The van der Waals surface area contributed by atoms with Crippen molar-refractivity contribution in [3.05, 3.63) is 39.9 Å². The Kier molecular flexibility index (Phi) is 4.52. The largest absolute Gasteiger partial charge is 0.466 e. The van der Waals surface area contributed by atoms with E-state index in [1.54, 1.807) is 18.2 Å². The molecule has 1 aromatic rings. The number of hydrogen-bond donors (Lipinski definition) is 1. The summed E-state index contributed by atoms with van der Waals surface area (Å²) in [4.78, 5) is 10.9. The van der Waals surface area contributed by atoms with Crippen molar-refractivity contribution in [2.75, 3.05) is 7.11 Å². The molecule has 80 valence electrons. The van der Waals surface area contributed by atoms with E-state index in [2.05, 4.69) is 20.7 Å². The molecule has 0 aliphatic heterocycles. The first kappa shape index (κ1) is 11.9. The highest BCUT2D eigenvalue weighted by Crippen LogP contribution is 2.20. The molecule has 4 heteroatoms. The molecule has 0 saturated heterocycles. The summed E-state index contributed by atoms with van der Waals surface area (Å²) in [6.07, 6.45) is 3.00. The number of rotatable bonds is 3. The number of ether oxygens (including phenoxy) is 1. The molecule has 3 nitrogen and oxygen atoms in total. The zero-order chi connectivity index (χ0) is 11.3. The highest BCUT2D eigenvalue weighted by atomic mass is 79.9. The van der Waals surface area contributed by atoms with Gasteiger partial charge in [-0.25, -0.2) is 4.79 Å². The number of carbonyl (C=O) groups is 1. The van der Waals surface area contributed by atoms with Crippen molar-refractivity contribution in [2.24, 2.45) is 0 Å². The third kappa shape index (κ3) is 3.49. The third-order valence-electron chi connectivity index (χ3n) is 1.85. The van der Waals surface area contributed by atoms with Gasteiger partial charge in [0.25, 0.3) is 0 Å². The summed E-state index contributed by atoms with van der Waals surface area (Å²) >= 11 is 3.35. The van der Waals surface area contributed by atoms with Crippen LogP contribution in [0.5, 0.6) is 0 Å². The fraction of sp³-hybridized carbons (Fsp3) is 0.182. The second-order valence-corrected chi connectivity index (χ2v) is 3.72. The van der Waals surface area contributed by atoms with E-state index in [4.69, 9.17) is 5.11 Å². The van der Waals surface area contributed by atoms with E-state index in [0.29, 0.717) is 0 Å². The van der Waals surface area contributed by atoms with Crippen LogP contribution in [0.4, 0.5) is 0 Å². The van der Waals surface area contributed by atoms with Gasteiger partial charge in [-0.05, 0) is 23.3 Å². The average Bonchev–Trinajstić information content (AvgIpc) is 2.26. The van der Waals surface area contributed by atoms with Gasteiger partial charge in [0, 0.05) is 10.5 Å². The van der Waals surface area contributed by atoms with Gasteiger partial charge in [-0.15, -0.1) is 0 Å². The lowest BCUT2D eigenvalue weighted by atomic mass is 10.1. The molecule has 0 spiro atoms. The topological polar surface area (TPSA) is 46.5 Å². The molecule has 0 heterocycles. The third-order valence-corrected chi connectivity index (χ3v) is 2.53. The lowest BCUT2D eigenvalue weighted by molar-refractivity contribution is -0.134. The quantitative estimate of drug-likeness (QED) is 0.676. The van der Waals surface area contributed by atoms with Crippen molar-refractivity contribution >= 4 is 28.0 Å². The maximum absolute atomic E-state index is 10.9. The molecule has 0 saturated carbocycles. The summed E-state index contributed by atoms with van der Waals surface area (Å²) in [5, 5.41) is 8.90. The van der Waals surface area contributed by atoms with Crippen molar-refractivity contribution in [2.45, 2.75) is 6.61 Å². The van der Waals surface area contributed by atoms with Crippen LogP contribution >= 0.6 is 15.9 Å². The molecule has 0 fully saturated rings. The number of aliphatic hydroxyl groups is 1. The first-order valence-corrected chi connectivity index (χ1v) is 5.12. The van der Waals surface area contributed by atoms with E-state index >= 15 is 0 Å². The standard InChI is InChI=1S/C11H11BrO3/c1-15-11(14)5-4-9-3-2-8(7-13)6-10(9)12/h2-6,13H,7H2,1H3. The molecule has 0 unspecified atom stereocenters. The molecule has 0 atom stereocenters. The van der Waals surface area contributed by atoms with Gasteiger partial charge in [-0.1, -0.05) is 28.1 Å². The molecule has 0 radical (unpaired) electrons. The van der Waals surface area contributed by atoms with Gasteiger partial charge in [0.15, 0.2) is 0 Å². The SMILES string of the molecule is COC(=O)C=Cc1ccc(CO)cc1Br. The van der Waals surface area contributed by atoms with E-state index in [1.165, 1.54) is 13.2 Å². The van der Waals surface area contributed by atoms with Gasteiger partial charge >= 0.3 is 5.97 Å². The lowest BCUT2D eigenvalue weighted by Gasteiger charge is -2.01. The number of benzene rings is 1. The van der Waals surface area contributed by atoms with Gasteiger partial charge < -0.3 is 9.84 Å². The van der Waals surface area contributed by atoms with Crippen LogP contribution in [0.15, 0.2) is 28.7 Å². The first-order chi connectivity index (χ1) is 7.17. The highest BCUT2D eigenvalue weighted by Gasteiger charge is 1.99. The molecule has 0 aliphatic rings. The maximum atomic E-state index is 10.9. The molecule has 0 amide bonds. The van der Waals surface area contributed by atoms with E-state index < -0.39 is 5.97 Å². The van der Waals surface area contributed by atoms with Crippen LogP contribution in [-0.2, 0) is 16.1 Å². The summed E-state index contributed by atoms with van der Waals surface area (Å²) in [6, 6.07) is 5.41. The second-order valence-electron chi connectivity index (χ2n) is 2.87. The monoisotopic (exact) mass is 270 g/mol. The lowest BCUT2D eigenvalue weighted by Crippen LogP contribution is -1.93. The molecule has 0 aromatic heterocycles. The van der Waals surface area contributed by atoms with Crippen molar-refractivity contribution in [3.8, 4) is 0 Å². The van der Waals surface area contributed by atoms with Crippen LogP contribution in [-0.4, -0.2) is 18.2 Å². The Balaban J connectivity index is 2.87. The van der Waals surface area contributed by atoms with Crippen molar-refractivity contribution in [3.63, 3.8) is 0 Å². The number of aliphatic hydroxyl groups excluding tert-OH is 1. The Labute approximate surface area is 96.5 Å². The minimum atomic E-state index is -0.395. The molecule has 15 heavy (non-hydrogen) atoms. The van der Waals surface area contributed by atoms with E-state index in [9.17, 15) is 4.79 Å². The Morgan fingerprint density at radius 2 is 2.33 bits per heavy atom. The zero-order valence-electron chi connectivity index (χ0n) is 8.24. The van der Waals surface area contributed by atoms with Crippen LogP contribution in [0, 0.1) is 0 Å². The molecule has 0 aliphatic carbocycles. The Morgan fingerprint density at radius 3 is 2.87 bits per heavy atom. The molecule has 0 bridgehead atoms. The van der Waals surface area contributed by atoms with Gasteiger partial charge in [-0.3, -0.25) is 0 Å². The molecule has 1 rings (SSSR count). The Morgan fingerprint density at radius 1 is 1.60 bits per heavy atom. The second kappa shape index (κ2) is 5.68. The van der Waals surface area contributed by atoms with Crippen LogP contribution in [0.25, 0.3) is 6.08 Å². The fourth-order valence-electron chi connectivity index (χ4n) is 1.03. The number of esters is 1. The van der Waals surface area contributed by atoms with Gasteiger partial charge in [0.05, 0.1) is 13.7 Å². The van der Waals surface area contributed by atoms with Crippen LogP contribution in [0.2, 0.25) is 0 Å². The zero-order valence-corrected chi connectivity index (χ0v) is 9.82. The first-order valence-electron chi connectivity index (χ1n) is 4.32. The number of carbonyl (C=O) groups excluding carboxylic acids is 1. The van der Waals surface area contributed by atoms with Gasteiger partial charge in [-0.2, -0.15) is 0 Å². The van der Waals surface area contributed by atoms with Crippen LogP contribution < -0.4 is 0 Å². The van der Waals surface area contributed by atoms with Crippen molar-refractivity contribution < 1.29 is 14.6 Å². The average molecular weight is 271 g/mol. The maximum Gasteiger partial charge on any atom is 0.330 e. The van der Waals surface area contributed by atoms with Crippen molar-refractivity contribution in [1.29, 1.82) is 0 Å². The number of halogens is 1. The summed E-state index contributed by atoms with van der Waals surface area (Å²) in [5.74, 6) is -0.395. The molecular formula is C11H11BrO3. The van der Waals surface area contributed by atoms with Gasteiger partial charge in [0.2, 0.25) is 0 Å². The molecular weight excluding hydrogens is 260 g/mol. The summed E-state index contributed by atoms with van der Waals surface area (Å²) in [7, 11) is 1.33. The van der Waals surface area contributed by atoms with E-state index in [1.807, 2.05) is 6.07 Å². The molecule has 1 aromatic carbocycles. The Bertz CT molecular complexity index is 385. The van der Waals surface area contributed by atoms with Crippen LogP contribution in [0.1, 0.15) is 11.1 Å². The molecule has 1 N–H and O–H groups in total.